The van der Waals surface area contributed by atoms with Gasteiger partial charge in [-0.2, -0.15) is 0 Å². The summed E-state index contributed by atoms with van der Waals surface area (Å²) < 4.78 is 20.9. The summed E-state index contributed by atoms with van der Waals surface area (Å²) >= 11 is 0. The van der Waals surface area contributed by atoms with Crippen molar-refractivity contribution < 1.29 is 28.8 Å². The summed E-state index contributed by atoms with van der Waals surface area (Å²) in [6.07, 6.45) is 1.60. The topological polar surface area (TPSA) is 112 Å². The monoisotopic (exact) mass is 322 g/mol. The number of carbonyl (C=O) groups excluding carboxylic acids is 1. The van der Waals surface area contributed by atoms with Crippen LogP contribution in [0, 0.1) is 0 Å². The predicted octanol–water partition coefficient (Wildman–Crippen LogP) is -1.10. The van der Waals surface area contributed by atoms with Gasteiger partial charge in [0.25, 0.3) is 0 Å². The maximum atomic E-state index is 11.2. The molecule has 1 amide bonds. The molecular formula is C14H30N2O6. The van der Waals surface area contributed by atoms with Crippen molar-refractivity contribution in [1.82, 2.24) is 5.32 Å². The highest BCUT2D eigenvalue weighted by molar-refractivity contribution is 5.77. The Hall–Kier alpha value is -0.770. The van der Waals surface area contributed by atoms with Gasteiger partial charge in [0.05, 0.1) is 39.6 Å². The molecule has 0 atom stereocenters. The Morgan fingerprint density at radius 1 is 0.864 bits per heavy atom. The predicted molar refractivity (Wildman–Crippen MR) is 81.7 cm³/mol. The first-order valence-electron chi connectivity index (χ1n) is 7.70. The van der Waals surface area contributed by atoms with E-state index < -0.39 is 0 Å². The Balaban J connectivity index is 3.06. The van der Waals surface area contributed by atoms with E-state index in [1.165, 1.54) is 0 Å². The number of aliphatic hydroxyl groups excluding tert-OH is 1. The van der Waals surface area contributed by atoms with Gasteiger partial charge in [-0.15, -0.1) is 0 Å². The molecular weight excluding hydrogens is 292 g/mol. The van der Waals surface area contributed by atoms with E-state index >= 15 is 0 Å². The fraction of sp³-hybridized carbons (Fsp3) is 0.929. The first-order valence-corrected chi connectivity index (χ1v) is 7.70. The molecule has 22 heavy (non-hydrogen) atoms. The van der Waals surface area contributed by atoms with E-state index in [2.05, 4.69) is 5.32 Å². The number of hydrogen-bond donors (Lipinski definition) is 3. The van der Waals surface area contributed by atoms with Gasteiger partial charge in [-0.25, -0.2) is 0 Å². The molecule has 8 nitrogen and oxygen atoms in total. The van der Waals surface area contributed by atoms with Crippen LogP contribution in [0.2, 0.25) is 0 Å². The smallest absolute Gasteiger partial charge is 0.246 e. The highest BCUT2D eigenvalue weighted by Crippen LogP contribution is 1.85. The zero-order chi connectivity index (χ0) is 16.3. The van der Waals surface area contributed by atoms with Gasteiger partial charge in [-0.05, 0) is 19.4 Å². The van der Waals surface area contributed by atoms with Crippen LogP contribution < -0.4 is 11.1 Å². The molecule has 0 aliphatic rings. The third-order valence-corrected chi connectivity index (χ3v) is 2.49. The maximum Gasteiger partial charge on any atom is 0.246 e. The van der Waals surface area contributed by atoms with Crippen LogP contribution in [-0.4, -0.2) is 83.6 Å². The SMILES string of the molecule is NCCCOCCOCCOCCCNC(=O)COCCO. The maximum absolute atomic E-state index is 11.2. The second-order valence-corrected chi connectivity index (χ2v) is 4.46. The second-order valence-electron chi connectivity index (χ2n) is 4.46. The molecule has 0 bridgehead atoms. The molecule has 0 unspecified atom stereocenters. The molecule has 0 rings (SSSR count). The van der Waals surface area contributed by atoms with E-state index in [4.69, 9.17) is 29.8 Å². The largest absolute Gasteiger partial charge is 0.394 e. The van der Waals surface area contributed by atoms with Gasteiger partial charge in [-0.1, -0.05) is 0 Å². The van der Waals surface area contributed by atoms with E-state index in [1.54, 1.807) is 0 Å². The summed E-state index contributed by atoms with van der Waals surface area (Å²) in [5.74, 6) is -0.189. The van der Waals surface area contributed by atoms with Crippen LogP contribution in [0.1, 0.15) is 12.8 Å². The molecule has 0 heterocycles. The highest BCUT2D eigenvalue weighted by atomic mass is 16.5. The molecule has 4 N–H and O–H groups in total. The summed E-state index contributed by atoms with van der Waals surface area (Å²) in [7, 11) is 0. The van der Waals surface area contributed by atoms with Gasteiger partial charge >= 0.3 is 0 Å². The van der Waals surface area contributed by atoms with E-state index in [1.807, 2.05) is 0 Å². The van der Waals surface area contributed by atoms with Gasteiger partial charge in [0.1, 0.15) is 6.61 Å². The van der Waals surface area contributed by atoms with Crippen molar-refractivity contribution in [3.8, 4) is 0 Å². The lowest BCUT2D eigenvalue weighted by Crippen LogP contribution is -2.29. The summed E-state index contributed by atoms with van der Waals surface area (Å²) in [5, 5.41) is 11.2. The van der Waals surface area contributed by atoms with Crippen LogP contribution in [0.5, 0.6) is 0 Å². The quantitative estimate of drug-likeness (QED) is 0.291. The minimum atomic E-state index is -0.189. The molecule has 0 radical (unpaired) electrons. The zero-order valence-electron chi connectivity index (χ0n) is 13.3. The fourth-order valence-corrected chi connectivity index (χ4v) is 1.41. The number of ether oxygens (including phenoxy) is 4. The van der Waals surface area contributed by atoms with Crippen molar-refractivity contribution in [2.24, 2.45) is 5.73 Å². The van der Waals surface area contributed by atoms with Crippen LogP contribution in [0.25, 0.3) is 0 Å². The number of hydrogen-bond acceptors (Lipinski definition) is 7. The average molecular weight is 322 g/mol. The molecule has 0 aromatic heterocycles. The molecule has 8 heteroatoms. The molecule has 0 aliphatic carbocycles. The Morgan fingerprint density at radius 3 is 2.05 bits per heavy atom. The van der Waals surface area contributed by atoms with Crippen LogP contribution in [0.3, 0.4) is 0 Å². The minimum Gasteiger partial charge on any atom is -0.394 e. The standard InChI is InChI=1S/C14H30N2O6/c15-3-1-6-19-9-11-21-12-10-20-7-2-4-16-14(18)13-22-8-5-17/h17H,1-13,15H2,(H,16,18). The summed E-state index contributed by atoms with van der Waals surface area (Å²) in [6, 6.07) is 0. The molecule has 0 fully saturated rings. The lowest BCUT2D eigenvalue weighted by Gasteiger charge is -2.07. The van der Waals surface area contributed by atoms with Crippen LogP contribution >= 0.6 is 0 Å². The Bertz CT molecular complexity index is 243. The zero-order valence-corrected chi connectivity index (χ0v) is 13.3. The lowest BCUT2D eigenvalue weighted by molar-refractivity contribution is -0.126. The van der Waals surface area contributed by atoms with Crippen molar-refractivity contribution >= 4 is 5.91 Å². The first kappa shape index (κ1) is 21.2. The Labute approximate surface area is 132 Å². The van der Waals surface area contributed by atoms with E-state index in [0.717, 1.165) is 12.8 Å². The number of carbonyl (C=O) groups is 1. The molecule has 132 valence electrons. The third-order valence-electron chi connectivity index (χ3n) is 2.49. The van der Waals surface area contributed by atoms with Crippen molar-refractivity contribution in [1.29, 1.82) is 0 Å². The normalized spacial score (nSPS) is 10.8. The summed E-state index contributed by atoms with van der Waals surface area (Å²) in [5.41, 5.74) is 5.34. The third kappa shape index (κ3) is 17.3. The molecule has 0 spiro atoms. The van der Waals surface area contributed by atoms with E-state index in [-0.39, 0.29) is 25.7 Å². The van der Waals surface area contributed by atoms with Gasteiger partial charge in [-0.3, -0.25) is 4.79 Å². The van der Waals surface area contributed by atoms with Crippen LogP contribution in [0.15, 0.2) is 0 Å². The van der Waals surface area contributed by atoms with E-state index in [9.17, 15) is 4.79 Å². The molecule has 0 saturated heterocycles. The van der Waals surface area contributed by atoms with Crippen molar-refractivity contribution in [2.75, 3.05) is 72.6 Å². The summed E-state index contributed by atoms with van der Waals surface area (Å²) in [6.45, 7) is 4.67. The number of rotatable bonds is 17. The van der Waals surface area contributed by atoms with Crippen LogP contribution in [-0.2, 0) is 23.7 Å². The van der Waals surface area contributed by atoms with Gasteiger partial charge in [0, 0.05) is 19.8 Å². The molecule has 0 saturated carbocycles. The molecule has 0 aromatic carbocycles. The second kappa shape index (κ2) is 18.3. The van der Waals surface area contributed by atoms with E-state index in [0.29, 0.717) is 52.7 Å². The highest BCUT2D eigenvalue weighted by Gasteiger charge is 1.99. The lowest BCUT2D eigenvalue weighted by atomic mass is 10.4. The Kier molecular flexibility index (Phi) is 17.6. The first-order chi connectivity index (χ1) is 10.8. The summed E-state index contributed by atoms with van der Waals surface area (Å²) in [4.78, 5) is 11.2. The number of amides is 1. The van der Waals surface area contributed by atoms with Gasteiger partial charge < -0.3 is 35.1 Å². The fourth-order valence-electron chi connectivity index (χ4n) is 1.41. The van der Waals surface area contributed by atoms with Gasteiger partial charge in [0.2, 0.25) is 5.91 Å². The average Bonchev–Trinajstić information content (AvgIpc) is 2.52. The molecule has 0 aromatic rings. The number of nitrogens with one attached hydrogen (secondary N) is 1. The minimum absolute atomic E-state index is 0.0252. The van der Waals surface area contributed by atoms with Gasteiger partial charge in [0.15, 0.2) is 0 Å². The number of aliphatic hydroxyl groups is 1. The van der Waals surface area contributed by atoms with Crippen molar-refractivity contribution in [3.63, 3.8) is 0 Å². The Morgan fingerprint density at radius 2 is 1.45 bits per heavy atom. The van der Waals surface area contributed by atoms with Crippen molar-refractivity contribution in [2.45, 2.75) is 12.8 Å². The van der Waals surface area contributed by atoms with Crippen molar-refractivity contribution in [3.05, 3.63) is 0 Å². The number of nitrogens with two attached hydrogens (primary N) is 1. The van der Waals surface area contributed by atoms with Crippen LogP contribution in [0.4, 0.5) is 0 Å². The molecule has 0 aliphatic heterocycles.